The molecule has 0 bridgehead atoms. The number of rotatable bonds is 6. The molecule has 0 aromatic heterocycles. The molecule has 0 radical (unpaired) electrons. The van der Waals surface area contributed by atoms with Crippen molar-refractivity contribution in [3.05, 3.63) is 0 Å². The van der Waals surface area contributed by atoms with Crippen molar-refractivity contribution < 1.29 is 43.5 Å². The molecule has 4 saturated heterocycles. The summed E-state index contributed by atoms with van der Waals surface area (Å²) in [5, 5.41) is 26.3. The number of aliphatic hydroxyl groups excluding tert-OH is 1. The van der Waals surface area contributed by atoms with Crippen LogP contribution in [0.15, 0.2) is 4.99 Å². The van der Waals surface area contributed by atoms with Gasteiger partial charge < -0.3 is 49.0 Å². The zero-order chi connectivity index (χ0) is 37.3. The van der Waals surface area contributed by atoms with Crippen LogP contribution >= 0.6 is 0 Å². The van der Waals surface area contributed by atoms with Crippen LogP contribution in [0.1, 0.15) is 94.4 Å². The number of ether oxygens (including phenoxy) is 5. The maximum absolute atomic E-state index is 13.8. The molecule has 0 spiro atoms. The Balaban J connectivity index is 1.75. The first-order chi connectivity index (χ1) is 23.3. The van der Waals surface area contributed by atoms with Gasteiger partial charge in [-0.1, -0.05) is 20.8 Å². The zero-order valence-electron chi connectivity index (χ0n) is 32.5. The molecule has 0 aliphatic carbocycles. The monoisotopic (exact) mass is 710 g/mol. The van der Waals surface area contributed by atoms with E-state index in [4.69, 9.17) is 28.7 Å². The molecule has 3 N–H and O–H groups in total. The third-order valence-corrected chi connectivity index (χ3v) is 11.5. The van der Waals surface area contributed by atoms with Crippen LogP contribution in [0.25, 0.3) is 0 Å². The van der Waals surface area contributed by atoms with Gasteiger partial charge in [-0.15, -0.1) is 0 Å². The van der Waals surface area contributed by atoms with Crippen molar-refractivity contribution in [2.75, 3.05) is 34.3 Å². The van der Waals surface area contributed by atoms with E-state index in [0.717, 1.165) is 12.3 Å². The van der Waals surface area contributed by atoms with Gasteiger partial charge >= 0.3 is 0 Å². The second-order valence-electron chi connectivity index (χ2n) is 16.5. The molecule has 2 amide bonds. The number of methoxy groups -OCH3 is 1. The van der Waals surface area contributed by atoms with Crippen LogP contribution < -0.4 is 5.32 Å². The van der Waals surface area contributed by atoms with E-state index in [2.05, 4.69) is 31.1 Å². The summed E-state index contributed by atoms with van der Waals surface area (Å²) in [5.74, 6) is -0.696. The Bertz CT molecular complexity index is 1200. The molecule has 0 aromatic rings. The lowest BCUT2D eigenvalue weighted by molar-refractivity contribution is -0.311. The van der Waals surface area contributed by atoms with Gasteiger partial charge in [0.1, 0.15) is 6.10 Å². The SMILES string of the molecule is CO[C@]1(C)C[C@H](O[C@H]2[C@H](C)[C@@H](O[C@@H]3O[C@H](C)C[C@H]4[C@H]3C/C(=N\C(C)C)N4C)[C@](C)(O)C[C@@H](C)CN(C)C(=O)CCNC(=O)[C@@H]2C)O[C@@H](C)[C@@H]1O. The van der Waals surface area contributed by atoms with Crippen molar-refractivity contribution in [2.24, 2.45) is 28.7 Å². The second kappa shape index (κ2) is 16.4. The minimum atomic E-state index is -1.42. The Morgan fingerprint density at radius 2 is 1.72 bits per heavy atom. The first kappa shape index (κ1) is 40.9. The van der Waals surface area contributed by atoms with Gasteiger partial charge in [0, 0.05) is 77.5 Å². The van der Waals surface area contributed by atoms with E-state index in [0.29, 0.717) is 19.4 Å². The summed E-state index contributed by atoms with van der Waals surface area (Å²) in [6.07, 6.45) is -2.43. The summed E-state index contributed by atoms with van der Waals surface area (Å²) in [5.41, 5.74) is -2.35. The van der Waals surface area contributed by atoms with E-state index >= 15 is 0 Å². The molecular formula is C37H66N4O9. The van der Waals surface area contributed by atoms with Gasteiger partial charge in [-0.2, -0.15) is 0 Å². The highest BCUT2D eigenvalue weighted by atomic mass is 16.7. The molecule has 288 valence electrons. The molecule has 4 aliphatic heterocycles. The number of nitrogens with zero attached hydrogens (tertiary/aromatic N) is 3. The van der Waals surface area contributed by atoms with Crippen LogP contribution in [0.4, 0.5) is 0 Å². The number of likely N-dealkylation sites (tertiary alicyclic amines) is 1. The third-order valence-electron chi connectivity index (χ3n) is 11.5. The predicted molar refractivity (Wildman–Crippen MR) is 189 cm³/mol. The quantitative estimate of drug-likeness (QED) is 0.376. The molecule has 13 nitrogen and oxygen atoms in total. The van der Waals surface area contributed by atoms with E-state index in [-0.39, 0.29) is 61.2 Å². The Labute approximate surface area is 299 Å². The molecule has 13 heteroatoms. The smallest absolute Gasteiger partial charge is 0.225 e. The Hall–Kier alpha value is -1.87. The molecule has 0 saturated carbocycles. The first-order valence-electron chi connectivity index (χ1n) is 18.7. The number of amides is 2. The molecular weight excluding hydrogens is 644 g/mol. The molecule has 0 unspecified atom stereocenters. The maximum atomic E-state index is 13.8. The van der Waals surface area contributed by atoms with E-state index < -0.39 is 60.0 Å². The highest BCUT2D eigenvalue weighted by Crippen LogP contribution is 2.42. The lowest BCUT2D eigenvalue weighted by Crippen LogP contribution is -2.59. The lowest BCUT2D eigenvalue weighted by Gasteiger charge is -2.48. The van der Waals surface area contributed by atoms with Crippen molar-refractivity contribution >= 4 is 17.6 Å². The van der Waals surface area contributed by atoms with Gasteiger partial charge in [0.25, 0.3) is 0 Å². The number of carbonyl (C=O) groups excluding carboxylic acids is 2. The average molecular weight is 711 g/mol. The topological polar surface area (TPSA) is 152 Å². The highest BCUT2D eigenvalue weighted by Gasteiger charge is 2.52. The summed E-state index contributed by atoms with van der Waals surface area (Å²) in [7, 11) is 5.39. The molecule has 50 heavy (non-hydrogen) atoms. The van der Waals surface area contributed by atoms with Gasteiger partial charge in [-0.05, 0) is 60.3 Å². The van der Waals surface area contributed by atoms with Gasteiger partial charge in [0.2, 0.25) is 11.8 Å². The molecule has 4 rings (SSSR count). The highest BCUT2D eigenvalue weighted by molar-refractivity contribution is 5.85. The van der Waals surface area contributed by atoms with E-state index in [1.807, 2.05) is 27.7 Å². The Kier molecular flexibility index (Phi) is 13.4. The van der Waals surface area contributed by atoms with Gasteiger partial charge in [0.15, 0.2) is 12.6 Å². The van der Waals surface area contributed by atoms with E-state index in [9.17, 15) is 19.8 Å². The zero-order valence-corrected chi connectivity index (χ0v) is 32.5. The van der Waals surface area contributed by atoms with Crippen LogP contribution in [-0.2, 0) is 33.3 Å². The molecule has 4 aliphatic rings. The number of carbonyl (C=O) groups is 2. The summed E-state index contributed by atoms with van der Waals surface area (Å²) >= 11 is 0. The Morgan fingerprint density at radius 3 is 2.36 bits per heavy atom. The fourth-order valence-corrected chi connectivity index (χ4v) is 8.75. The lowest BCUT2D eigenvalue weighted by atomic mass is 9.77. The van der Waals surface area contributed by atoms with Crippen molar-refractivity contribution in [1.29, 1.82) is 0 Å². The number of amidine groups is 1. The van der Waals surface area contributed by atoms with Crippen LogP contribution in [-0.4, -0.2) is 138 Å². The normalized spacial score (nSPS) is 45.1. The minimum Gasteiger partial charge on any atom is -0.387 e. The van der Waals surface area contributed by atoms with Crippen LogP contribution in [0, 0.1) is 23.7 Å². The van der Waals surface area contributed by atoms with E-state index in [1.165, 1.54) is 0 Å². The number of aliphatic hydroxyl groups is 2. The number of hydrogen-bond donors (Lipinski definition) is 3. The van der Waals surface area contributed by atoms with Gasteiger partial charge in [-0.3, -0.25) is 14.6 Å². The van der Waals surface area contributed by atoms with Gasteiger partial charge in [0.05, 0.1) is 47.4 Å². The molecule has 4 fully saturated rings. The largest absolute Gasteiger partial charge is 0.387 e. The summed E-state index contributed by atoms with van der Waals surface area (Å²) in [6, 6.07) is 0.305. The van der Waals surface area contributed by atoms with Crippen LogP contribution in [0.5, 0.6) is 0 Å². The van der Waals surface area contributed by atoms with E-state index in [1.54, 1.807) is 39.8 Å². The third kappa shape index (κ3) is 9.19. The number of nitrogens with one attached hydrogen (secondary N) is 1. The summed E-state index contributed by atoms with van der Waals surface area (Å²) < 4.78 is 32.3. The predicted octanol–water partition coefficient (Wildman–Crippen LogP) is 2.95. The first-order valence-corrected chi connectivity index (χ1v) is 18.7. The van der Waals surface area contributed by atoms with Crippen molar-refractivity contribution in [2.45, 2.75) is 161 Å². The molecule has 14 atom stereocenters. The summed E-state index contributed by atoms with van der Waals surface area (Å²) in [6.45, 7) is 17.9. The second-order valence-corrected chi connectivity index (χ2v) is 16.5. The number of aliphatic imine (C=N–C) groups is 1. The number of fused-ring (bicyclic) bond motifs is 1. The minimum absolute atomic E-state index is 0.0162. The standard InChI is InChI=1S/C37H66N4O9/c1-20(2)39-28-16-26-27(41(28)11)15-22(4)47-35(26)50-33-23(5)31(49-30-18-37(9,46-12)32(43)25(7)48-30)24(6)34(44)38-14-13-29(42)40(10)19-21(3)17-36(33,8)45/h20-27,30-33,35,43,45H,13-19H2,1-12H3,(H,38,44)/b39-28+/t21-,22-,23+,24-,25+,26-,27+,30+,31+,32+,33-,35+,36-,37-/m1/s1. The van der Waals surface area contributed by atoms with Crippen molar-refractivity contribution in [3.8, 4) is 0 Å². The number of hydrogen-bond acceptors (Lipinski definition) is 10. The Morgan fingerprint density at radius 1 is 1.04 bits per heavy atom. The molecule has 0 aromatic carbocycles. The van der Waals surface area contributed by atoms with Crippen LogP contribution in [0.2, 0.25) is 0 Å². The fraction of sp³-hybridized carbons (Fsp3) is 0.919. The van der Waals surface area contributed by atoms with Crippen LogP contribution in [0.3, 0.4) is 0 Å². The maximum Gasteiger partial charge on any atom is 0.225 e. The average Bonchev–Trinajstić information content (AvgIpc) is 3.33. The summed E-state index contributed by atoms with van der Waals surface area (Å²) in [4.78, 5) is 35.6. The molecule has 4 heterocycles. The van der Waals surface area contributed by atoms with Crippen molar-refractivity contribution in [1.82, 2.24) is 15.1 Å². The van der Waals surface area contributed by atoms with Gasteiger partial charge in [-0.25, -0.2) is 0 Å². The van der Waals surface area contributed by atoms with Crippen molar-refractivity contribution in [3.63, 3.8) is 0 Å². The fourth-order valence-electron chi connectivity index (χ4n) is 8.75.